The Morgan fingerprint density at radius 2 is 1.47 bits per heavy atom. The fourth-order valence-electron chi connectivity index (χ4n) is 1.66. The first-order chi connectivity index (χ1) is 6.73. The maximum absolute atomic E-state index is 10.0. The second-order valence-corrected chi connectivity index (χ2v) is 4.85. The molecule has 0 aliphatic heterocycles. The molecule has 2 nitrogen and oxygen atoms in total. The highest BCUT2D eigenvalue weighted by Gasteiger charge is 2.27. The van der Waals surface area contributed by atoms with E-state index in [1.807, 2.05) is 32.9 Å². The number of aliphatic hydroxyl groups is 2. The summed E-state index contributed by atoms with van der Waals surface area (Å²) in [7, 11) is 0. The van der Waals surface area contributed by atoms with E-state index in [1.165, 1.54) is 5.56 Å². The lowest BCUT2D eigenvalue weighted by Gasteiger charge is -2.26. The molecule has 0 bridgehead atoms. The normalized spacial score (nSPS) is 14.1. The Balaban J connectivity index is 3.21. The Kier molecular flexibility index (Phi) is 3.22. The molecule has 0 heterocycles. The summed E-state index contributed by atoms with van der Waals surface area (Å²) in [6, 6.07) is 3.99. The summed E-state index contributed by atoms with van der Waals surface area (Å²) in [6.07, 6.45) is -0.836. The van der Waals surface area contributed by atoms with Crippen LogP contribution in [-0.4, -0.2) is 15.8 Å². The van der Waals surface area contributed by atoms with Crippen molar-refractivity contribution in [1.29, 1.82) is 0 Å². The van der Waals surface area contributed by atoms with Gasteiger partial charge in [0.05, 0.1) is 5.60 Å². The largest absolute Gasteiger partial charge is 0.387 e. The van der Waals surface area contributed by atoms with E-state index >= 15 is 0 Å². The Hall–Kier alpha value is -0.860. The minimum Gasteiger partial charge on any atom is -0.387 e. The van der Waals surface area contributed by atoms with Crippen LogP contribution in [0.15, 0.2) is 12.1 Å². The zero-order valence-corrected chi connectivity index (χ0v) is 10.1. The SMILES string of the molecule is Cc1cc(C)c(C(O)C(C)(C)O)cc1C. The number of hydrogen-bond acceptors (Lipinski definition) is 2. The fraction of sp³-hybridized carbons (Fsp3) is 0.538. The molecule has 0 aromatic heterocycles. The quantitative estimate of drug-likeness (QED) is 0.783. The van der Waals surface area contributed by atoms with Crippen molar-refractivity contribution in [3.8, 4) is 0 Å². The van der Waals surface area contributed by atoms with Gasteiger partial charge >= 0.3 is 0 Å². The van der Waals surface area contributed by atoms with Crippen molar-refractivity contribution >= 4 is 0 Å². The first-order valence-corrected chi connectivity index (χ1v) is 5.21. The van der Waals surface area contributed by atoms with Crippen LogP contribution < -0.4 is 0 Å². The molecule has 0 aliphatic carbocycles. The van der Waals surface area contributed by atoms with Crippen molar-refractivity contribution in [3.63, 3.8) is 0 Å². The van der Waals surface area contributed by atoms with Crippen molar-refractivity contribution in [2.24, 2.45) is 0 Å². The van der Waals surface area contributed by atoms with Gasteiger partial charge < -0.3 is 10.2 Å². The summed E-state index contributed by atoms with van der Waals surface area (Å²) in [6.45, 7) is 9.24. The van der Waals surface area contributed by atoms with Gasteiger partial charge in [-0.1, -0.05) is 12.1 Å². The van der Waals surface area contributed by atoms with Crippen molar-refractivity contribution in [1.82, 2.24) is 0 Å². The van der Waals surface area contributed by atoms with Gasteiger partial charge in [-0.15, -0.1) is 0 Å². The molecule has 0 fully saturated rings. The Morgan fingerprint density at radius 1 is 1.00 bits per heavy atom. The molecule has 1 rings (SSSR count). The Labute approximate surface area is 91.6 Å². The van der Waals surface area contributed by atoms with E-state index in [0.717, 1.165) is 16.7 Å². The zero-order valence-electron chi connectivity index (χ0n) is 10.1. The van der Waals surface area contributed by atoms with Gasteiger partial charge in [-0.25, -0.2) is 0 Å². The van der Waals surface area contributed by atoms with Crippen molar-refractivity contribution in [2.75, 3.05) is 0 Å². The van der Waals surface area contributed by atoms with Crippen molar-refractivity contribution in [2.45, 2.75) is 46.3 Å². The molecule has 1 aromatic rings. The molecule has 84 valence electrons. The summed E-state index contributed by atoms with van der Waals surface area (Å²) in [5, 5.41) is 19.8. The van der Waals surface area contributed by atoms with E-state index in [2.05, 4.69) is 0 Å². The van der Waals surface area contributed by atoms with Gasteiger partial charge in [-0.2, -0.15) is 0 Å². The van der Waals surface area contributed by atoms with Crippen LogP contribution in [0.1, 0.15) is 42.2 Å². The Bertz CT molecular complexity index is 362. The van der Waals surface area contributed by atoms with Gasteiger partial charge in [0.25, 0.3) is 0 Å². The molecule has 15 heavy (non-hydrogen) atoms. The van der Waals surface area contributed by atoms with Crippen LogP contribution in [-0.2, 0) is 0 Å². The van der Waals surface area contributed by atoms with Crippen LogP contribution in [0.2, 0.25) is 0 Å². The van der Waals surface area contributed by atoms with Crippen LogP contribution in [0.5, 0.6) is 0 Å². The molecular formula is C13H20O2. The first kappa shape index (κ1) is 12.2. The van der Waals surface area contributed by atoms with Crippen LogP contribution in [0.4, 0.5) is 0 Å². The predicted molar refractivity (Wildman–Crippen MR) is 61.9 cm³/mol. The minimum atomic E-state index is -1.10. The summed E-state index contributed by atoms with van der Waals surface area (Å²) in [4.78, 5) is 0. The van der Waals surface area contributed by atoms with Crippen LogP contribution >= 0.6 is 0 Å². The number of benzene rings is 1. The van der Waals surface area contributed by atoms with Gasteiger partial charge in [0, 0.05) is 0 Å². The summed E-state index contributed by atoms with van der Waals surface area (Å²) < 4.78 is 0. The van der Waals surface area contributed by atoms with Gasteiger partial charge in [-0.3, -0.25) is 0 Å². The molecule has 1 atom stereocenters. The average Bonchev–Trinajstić information content (AvgIpc) is 2.08. The highest BCUT2D eigenvalue weighted by molar-refractivity contribution is 5.38. The van der Waals surface area contributed by atoms with Gasteiger partial charge in [0.2, 0.25) is 0 Å². The van der Waals surface area contributed by atoms with E-state index in [1.54, 1.807) is 13.8 Å². The number of hydrogen-bond donors (Lipinski definition) is 2. The van der Waals surface area contributed by atoms with Gasteiger partial charge in [0.1, 0.15) is 6.10 Å². The van der Waals surface area contributed by atoms with Crippen LogP contribution in [0, 0.1) is 20.8 Å². The lowest BCUT2D eigenvalue weighted by Crippen LogP contribution is -2.29. The molecular weight excluding hydrogens is 188 g/mol. The molecule has 0 saturated carbocycles. The second-order valence-electron chi connectivity index (χ2n) is 4.85. The zero-order chi connectivity index (χ0) is 11.8. The van der Waals surface area contributed by atoms with E-state index in [4.69, 9.17) is 0 Å². The lowest BCUT2D eigenvalue weighted by atomic mass is 9.89. The van der Waals surface area contributed by atoms with E-state index in [-0.39, 0.29) is 0 Å². The summed E-state index contributed by atoms with van der Waals surface area (Å²) in [5.74, 6) is 0. The molecule has 0 radical (unpaired) electrons. The Morgan fingerprint density at radius 3 is 1.93 bits per heavy atom. The highest BCUT2D eigenvalue weighted by atomic mass is 16.3. The minimum absolute atomic E-state index is 0.811. The topological polar surface area (TPSA) is 40.5 Å². The van der Waals surface area contributed by atoms with Gasteiger partial charge in [0.15, 0.2) is 0 Å². The van der Waals surface area contributed by atoms with E-state index < -0.39 is 11.7 Å². The van der Waals surface area contributed by atoms with Crippen molar-refractivity contribution in [3.05, 3.63) is 34.4 Å². The molecule has 1 aromatic carbocycles. The maximum Gasteiger partial charge on any atom is 0.107 e. The molecule has 2 heteroatoms. The second kappa shape index (κ2) is 3.95. The third kappa shape index (κ3) is 2.58. The average molecular weight is 208 g/mol. The number of aryl methyl sites for hydroxylation is 3. The standard InChI is InChI=1S/C13H20O2/c1-8-6-10(3)11(7-9(8)2)12(14)13(4,5)15/h6-7,12,14-15H,1-5H3. The van der Waals surface area contributed by atoms with E-state index in [0.29, 0.717) is 0 Å². The lowest BCUT2D eigenvalue weighted by molar-refractivity contribution is -0.0500. The fourth-order valence-corrected chi connectivity index (χ4v) is 1.66. The molecule has 2 N–H and O–H groups in total. The smallest absolute Gasteiger partial charge is 0.107 e. The van der Waals surface area contributed by atoms with Crippen molar-refractivity contribution < 1.29 is 10.2 Å². The predicted octanol–water partition coefficient (Wildman–Crippen LogP) is 2.42. The number of rotatable bonds is 2. The third-order valence-electron chi connectivity index (χ3n) is 2.85. The first-order valence-electron chi connectivity index (χ1n) is 5.21. The van der Waals surface area contributed by atoms with Crippen LogP contribution in [0.3, 0.4) is 0 Å². The monoisotopic (exact) mass is 208 g/mol. The van der Waals surface area contributed by atoms with Crippen LogP contribution in [0.25, 0.3) is 0 Å². The molecule has 0 aliphatic rings. The molecule has 0 spiro atoms. The molecule has 0 amide bonds. The molecule has 1 unspecified atom stereocenters. The number of aliphatic hydroxyl groups excluding tert-OH is 1. The van der Waals surface area contributed by atoms with Gasteiger partial charge in [-0.05, 0) is 56.9 Å². The third-order valence-corrected chi connectivity index (χ3v) is 2.85. The maximum atomic E-state index is 10.0. The summed E-state index contributed by atoms with van der Waals surface area (Å²) >= 11 is 0. The van der Waals surface area contributed by atoms with E-state index in [9.17, 15) is 10.2 Å². The highest BCUT2D eigenvalue weighted by Crippen LogP contribution is 2.29. The summed E-state index contributed by atoms with van der Waals surface area (Å²) in [5.41, 5.74) is 3.07. The molecule has 0 saturated heterocycles.